The van der Waals surface area contributed by atoms with Crippen molar-refractivity contribution in [2.45, 2.75) is 13.0 Å². The average molecular weight is 299 g/mol. The third-order valence-corrected chi connectivity index (χ3v) is 3.57. The number of hydrogen-bond acceptors (Lipinski definition) is 2. The van der Waals surface area contributed by atoms with Crippen molar-refractivity contribution in [2.75, 3.05) is 7.05 Å². The molecule has 21 heavy (non-hydrogen) atoms. The maximum Gasteiger partial charge on any atom is 0.227 e. The highest BCUT2D eigenvalue weighted by Crippen LogP contribution is 2.16. The maximum atomic E-state index is 12.2. The monoisotopic (exact) mass is 298 g/mol. The van der Waals surface area contributed by atoms with Crippen LogP contribution in [-0.2, 0) is 17.8 Å². The first kappa shape index (κ1) is 15.1. The van der Waals surface area contributed by atoms with Gasteiger partial charge in [-0.25, -0.2) is 0 Å². The van der Waals surface area contributed by atoms with Crippen LogP contribution in [0.25, 0.3) is 0 Å². The molecule has 3 nitrogen and oxygen atoms in total. The highest BCUT2D eigenvalue weighted by atomic mass is 35.5. The van der Waals surface area contributed by atoms with Crippen LogP contribution >= 0.6 is 11.6 Å². The number of carbonyl (C=O) groups excluding carboxylic acids is 1. The number of hydrogen-bond donors (Lipinski definition) is 0. The Morgan fingerprint density at radius 1 is 1.24 bits per heavy atom. The molecule has 0 aliphatic rings. The summed E-state index contributed by atoms with van der Waals surface area (Å²) in [5.74, 6) is -0.00883. The van der Waals surface area contributed by atoms with Gasteiger partial charge in [0.1, 0.15) is 0 Å². The van der Waals surface area contributed by atoms with E-state index in [1.807, 2.05) is 30.3 Å². The van der Waals surface area contributed by atoms with E-state index in [4.69, 9.17) is 16.9 Å². The zero-order valence-electron chi connectivity index (χ0n) is 11.7. The lowest BCUT2D eigenvalue weighted by molar-refractivity contribution is -0.129. The minimum atomic E-state index is -0.00883. The molecule has 0 atom stereocenters. The predicted molar refractivity (Wildman–Crippen MR) is 82.8 cm³/mol. The van der Waals surface area contributed by atoms with Gasteiger partial charge in [-0.2, -0.15) is 5.26 Å². The maximum absolute atomic E-state index is 12.2. The molecule has 0 spiro atoms. The van der Waals surface area contributed by atoms with E-state index >= 15 is 0 Å². The highest BCUT2D eigenvalue weighted by Gasteiger charge is 2.12. The summed E-state index contributed by atoms with van der Waals surface area (Å²) >= 11 is 6.07. The van der Waals surface area contributed by atoms with Crippen LogP contribution < -0.4 is 0 Å². The minimum Gasteiger partial charge on any atom is -0.341 e. The Kier molecular flexibility index (Phi) is 4.97. The van der Waals surface area contributed by atoms with Crippen LogP contribution in [0.5, 0.6) is 0 Å². The fourth-order valence-electron chi connectivity index (χ4n) is 2.04. The first-order chi connectivity index (χ1) is 10.1. The number of rotatable bonds is 4. The number of carbonyl (C=O) groups is 1. The first-order valence-electron chi connectivity index (χ1n) is 6.56. The molecule has 0 radical (unpaired) electrons. The fraction of sp³-hybridized carbons (Fsp3) is 0.176. The summed E-state index contributed by atoms with van der Waals surface area (Å²) in [6.45, 7) is 0.471. The Bertz CT molecular complexity index is 691. The molecule has 0 fully saturated rings. The topological polar surface area (TPSA) is 44.1 Å². The molecule has 0 bridgehead atoms. The van der Waals surface area contributed by atoms with Crippen molar-refractivity contribution < 1.29 is 4.79 Å². The zero-order valence-corrected chi connectivity index (χ0v) is 12.5. The highest BCUT2D eigenvalue weighted by molar-refractivity contribution is 6.31. The lowest BCUT2D eigenvalue weighted by atomic mass is 10.1. The minimum absolute atomic E-state index is 0.00883. The molecule has 0 aromatic heterocycles. The summed E-state index contributed by atoms with van der Waals surface area (Å²) < 4.78 is 0. The molecule has 2 aromatic carbocycles. The molecule has 1 amide bonds. The van der Waals surface area contributed by atoms with Gasteiger partial charge in [0, 0.05) is 18.6 Å². The Morgan fingerprint density at radius 3 is 2.71 bits per heavy atom. The molecule has 0 aliphatic carbocycles. The second-order valence-corrected chi connectivity index (χ2v) is 5.24. The summed E-state index contributed by atoms with van der Waals surface area (Å²) in [5, 5.41) is 9.49. The molecule has 0 aliphatic heterocycles. The first-order valence-corrected chi connectivity index (χ1v) is 6.94. The molecular weight excluding hydrogens is 284 g/mol. The molecule has 0 saturated carbocycles. The summed E-state index contributed by atoms with van der Waals surface area (Å²) in [5.41, 5.74) is 2.35. The Morgan fingerprint density at radius 2 is 2.00 bits per heavy atom. The van der Waals surface area contributed by atoms with Crippen molar-refractivity contribution >= 4 is 17.5 Å². The smallest absolute Gasteiger partial charge is 0.227 e. The average Bonchev–Trinajstić information content (AvgIpc) is 2.49. The van der Waals surface area contributed by atoms with Gasteiger partial charge in [-0.15, -0.1) is 0 Å². The second kappa shape index (κ2) is 6.92. The molecule has 2 aromatic rings. The lowest BCUT2D eigenvalue weighted by Gasteiger charge is -2.18. The van der Waals surface area contributed by atoms with E-state index in [0.29, 0.717) is 17.1 Å². The standard InChI is InChI=1S/C17H15ClN2O/c1-20(12-14-6-4-5-13(9-14)11-19)17(21)10-15-7-2-3-8-16(15)18/h2-9H,10,12H2,1H3. The largest absolute Gasteiger partial charge is 0.341 e. The van der Waals surface area contributed by atoms with Crippen molar-refractivity contribution in [1.82, 2.24) is 4.90 Å². The van der Waals surface area contributed by atoms with E-state index in [1.165, 1.54) is 0 Å². The van der Waals surface area contributed by atoms with Crippen molar-refractivity contribution in [1.29, 1.82) is 5.26 Å². The summed E-state index contributed by atoms with van der Waals surface area (Å²) in [6.07, 6.45) is 0.272. The zero-order chi connectivity index (χ0) is 15.2. The van der Waals surface area contributed by atoms with Crippen LogP contribution in [0.4, 0.5) is 0 Å². The molecule has 0 saturated heterocycles. The lowest BCUT2D eigenvalue weighted by Crippen LogP contribution is -2.27. The van der Waals surface area contributed by atoms with Crippen LogP contribution in [-0.4, -0.2) is 17.9 Å². The Balaban J connectivity index is 2.03. The third-order valence-electron chi connectivity index (χ3n) is 3.20. The molecule has 0 unspecified atom stereocenters. The molecule has 2 rings (SSSR count). The van der Waals surface area contributed by atoms with Gasteiger partial charge in [0.2, 0.25) is 5.91 Å². The van der Waals surface area contributed by atoms with Crippen molar-refractivity contribution in [2.24, 2.45) is 0 Å². The van der Waals surface area contributed by atoms with Gasteiger partial charge in [-0.3, -0.25) is 4.79 Å². The molecule has 106 valence electrons. The van der Waals surface area contributed by atoms with E-state index in [2.05, 4.69) is 6.07 Å². The quantitative estimate of drug-likeness (QED) is 0.868. The number of nitrogens with zero attached hydrogens (tertiary/aromatic N) is 2. The van der Waals surface area contributed by atoms with E-state index in [1.54, 1.807) is 30.1 Å². The van der Waals surface area contributed by atoms with Gasteiger partial charge in [-0.05, 0) is 29.3 Å². The van der Waals surface area contributed by atoms with Crippen LogP contribution in [0.2, 0.25) is 5.02 Å². The third kappa shape index (κ3) is 4.08. The van der Waals surface area contributed by atoms with Crippen LogP contribution in [0.3, 0.4) is 0 Å². The van der Waals surface area contributed by atoms with Gasteiger partial charge < -0.3 is 4.90 Å². The van der Waals surface area contributed by atoms with Crippen LogP contribution in [0.15, 0.2) is 48.5 Å². The Labute approximate surface area is 129 Å². The van der Waals surface area contributed by atoms with Gasteiger partial charge in [-0.1, -0.05) is 41.9 Å². The van der Waals surface area contributed by atoms with Crippen LogP contribution in [0, 0.1) is 11.3 Å². The van der Waals surface area contributed by atoms with Gasteiger partial charge >= 0.3 is 0 Å². The molecule has 0 heterocycles. The number of likely N-dealkylation sites (N-methyl/N-ethyl adjacent to an activating group) is 1. The summed E-state index contributed by atoms with van der Waals surface area (Å²) in [4.78, 5) is 13.9. The van der Waals surface area contributed by atoms with Crippen molar-refractivity contribution in [3.63, 3.8) is 0 Å². The van der Waals surface area contributed by atoms with E-state index in [9.17, 15) is 4.79 Å². The SMILES string of the molecule is CN(Cc1cccc(C#N)c1)C(=O)Cc1ccccc1Cl. The van der Waals surface area contributed by atoms with E-state index in [0.717, 1.165) is 11.1 Å². The number of benzene rings is 2. The fourth-order valence-corrected chi connectivity index (χ4v) is 2.24. The van der Waals surface area contributed by atoms with Gasteiger partial charge in [0.15, 0.2) is 0 Å². The molecule has 0 N–H and O–H groups in total. The normalized spacial score (nSPS) is 9.95. The van der Waals surface area contributed by atoms with Crippen LogP contribution in [0.1, 0.15) is 16.7 Å². The predicted octanol–water partition coefficient (Wildman–Crippen LogP) is 3.41. The van der Waals surface area contributed by atoms with E-state index in [-0.39, 0.29) is 12.3 Å². The molecular formula is C17H15ClN2O. The number of halogens is 1. The van der Waals surface area contributed by atoms with Crippen molar-refractivity contribution in [3.8, 4) is 6.07 Å². The summed E-state index contributed by atoms with van der Waals surface area (Å²) in [6, 6.07) is 16.7. The second-order valence-electron chi connectivity index (χ2n) is 4.83. The van der Waals surface area contributed by atoms with Gasteiger partial charge in [0.25, 0.3) is 0 Å². The number of nitriles is 1. The summed E-state index contributed by atoms with van der Waals surface area (Å²) in [7, 11) is 1.75. The van der Waals surface area contributed by atoms with E-state index < -0.39 is 0 Å². The van der Waals surface area contributed by atoms with Gasteiger partial charge in [0.05, 0.1) is 18.1 Å². The van der Waals surface area contributed by atoms with Crippen molar-refractivity contribution in [3.05, 3.63) is 70.2 Å². The Hall–Kier alpha value is -2.31. The molecule has 4 heteroatoms. The number of amides is 1.